The monoisotopic (exact) mass is 431 g/mol. The molecule has 0 radical (unpaired) electrons. The number of hydrogen-bond acceptors (Lipinski definition) is 4. The third-order valence-electron chi connectivity index (χ3n) is 5.81. The molecule has 0 saturated carbocycles. The molecule has 152 valence electrons. The van der Waals surface area contributed by atoms with E-state index in [1.165, 1.54) is 4.70 Å². The molecule has 1 aromatic carbocycles. The number of thiazole rings is 1. The minimum Gasteiger partial charge on any atom is -0.351 e. The van der Waals surface area contributed by atoms with E-state index < -0.39 is 0 Å². The van der Waals surface area contributed by atoms with Crippen LogP contribution in [0.4, 0.5) is 0 Å². The highest BCUT2D eigenvalue weighted by Gasteiger charge is 2.38. The number of para-hydroxylation sites is 1. The lowest BCUT2D eigenvalue weighted by atomic mass is 9.78. The Morgan fingerprint density at radius 3 is 2.63 bits per heavy atom. The third-order valence-corrected chi connectivity index (χ3v) is 6.84. The summed E-state index contributed by atoms with van der Waals surface area (Å²) >= 11 is 1.72. The number of carbonyl (C=O) groups excluding carboxylic acids is 1. The molecule has 0 spiro atoms. The van der Waals surface area contributed by atoms with Gasteiger partial charge in [-0.15, -0.1) is 36.2 Å². The smallest absolute Gasteiger partial charge is 0.226 e. The highest BCUT2D eigenvalue weighted by Crippen LogP contribution is 2.34. The van der Waals surface area contributed by atoms with Gasteiger partial charge in [-0.05, 0) is 43.9 Å². The van der Waals surface area contributed by atoms with Crippen molar-refractivity contribution in [1.29, 1.82) is 0 Å². The van der Waals surface area contributed by atoms with Crippen molar-refractivity contribution in [3.8, 4) is 0 Å². The van der Waals surface area contributed by atoms with Crippen molar-refractivity contribution in [1.82, 2.24) is 15.6 Å². The van der Waals surface area contributed by atoms with Gasteiger partial charge >= 0.3 is 0 Å². The number of amides is 1. The summed E-state index contributed by atoms with van der Waals surface area (Å²) in [6, 6.07) is 8.44. The standard InChI is InChI=1S/C20H29N3OS.2ClH/c1-4-20(5-2,19(24)23-16-13-21-11-10-14(16)3)12-18-22-15-8-6-7-9-17(15)25-18;;/h6-9,14,16,21H,4-5,10-13H2,1-3H3,(H,23,24);2*1H. The van der Waals surface area contributed by atoms with E-state index in [-0.39, 0.29) is 42.2 Å². The zero-order valence-electron chi connectivity index (χ0n) is 16.3. The Morgan fingerprint density at radius 2 is 2.00 bits per heavy atom. The summed E-state index contributed by atoms with van der Waals surface area (Å²) in [5.41, 5.74) is 0.666. The van der Waals surface area contributed by atoms with E-state index in [0.717, 1.165) is 49.3 Å². The van der Waals surface area contributed by atoms with E-state index in [9.17, 15) is 4.79 Å². The molecule has 1 aromatic heterocycles. The number of rotatable bonds is 6. The number of carbonyl (C=O) groups is 1. The summed E-state index contributed by atoms with van der Waals surface area (Å²) in [6.45, 7) is 8.40. The quantitative estimate of drug-likeness (QED) is 0.701. The van der Waals surface area contributed by atoms with E-state index in [0.29, 0.717) is 5.92 Å². The van der Waals surface area contributed by atoms with Gasteiger partial charge in [0.2, 0.25) is 5.91 Å². The number of nitrogens with zero attached hydrogens (tertiary/aromatic N) is 1. The van der Waals surface area contributed by atoms with E-state index in [2.05, 4.69) is 37.5 Å². The molecule has 2 aromatic rings. The van der Waals surface area contributed by atoms with Crippen LogP contribution in [0.1, 0.15) is 45.0 Å². The number of halogens is 2. The Kier molecular flexibility index (Phi) is 9.49. The van der Waals surface area contributed by atoms with Crippen LogP contribution < -0.4 is 10.6 Å². The van der Waals surface area contributed by atoms with Crippen LogP contribution in [0.5, 0.6) is 0 Å². The maximum atomic E-state index is 13.2. The van der Waals surface area contributed by atoms with Gasteiger partial charge in [0.15, 0.2) is 0 Å². The zero-order valence-corrected chi connectivity index (χ0v) is 18.7. The molecule has 27 heavy (non-hydrogen) atoms. The summed E-state index contributed by atoms with van der Waals surface area (Å²) < 4.78 is 1.20. The molecule has 1 fully saturated rings. The Hall–Kier alpha value is -0.880. The van der Waals surface area contributed by atoms with Crippen molar-refractivity contribution in [3.63, 3.8) is 0 Å². The van der Waals surface area contributed by atoms with Crippen LogP contribution in [0.3, 0.4) is 0 Å². The lowest BCUT2D eigenvalue weighted by Gasteiger charge is -2.35. The average Bonchev–Trinajstić information content (AvgIpc) is 3.04. The second kappa shape index (κ2) is 10.6. The van der Waals surface area contributed by atoms with Crippen molar-refractivity contribution >= 4 is 52.3 Å². The van der Waals surface area contributed by atoms with E-state index in [1.807, 2.05) is 18.2 Å². The van der Waals surface area contributed by atoms with Crippen molar-refractivity contribution in [2.75, 3.05) is 13.1 Å². The summed E-state index contributed by atoms with van der Waals surface area (Å²) in [7, 11) is 0. The fourth-order valence-corrected chi connectivity index (χ4v) is 4.80. The van der Waals surface area contributed by atoms with Crippen LogP contribution in [0.25, 0.3) is 10.2 Å². The molecular formula is C20H31Cl2N3OS. The number of fused-ring (bicyclic) bond motifs is 1. The fourth-order valence-electron chi connectivity index (χ4n) is 3.69. The number of piperidine rings is 1. The molecule has 3 rings (SSSR count). The predicted octanol–water partition coefficient (Wildman–Crippen LogP) is 4.60. The van der Waals surface area contributed by atoms with E-state index in [1.54, 1.807) is 11.3 Å². The molecule has 2 N–H and O–H groups in total. The van der Waals surface area contributed by atoms with Gasteiger partial charge in [0.05, 0.1) is 20.6 Å². The van der Waals surface area contributed by atoms with Gasteiger partial charge in [0.25, 0.3) is 0 Å². The SMILES string of the molecule is CCC(CC)(Cc1nc2ccccc2s1)C(=O)NC1CNCCC1C.Cl.Cl. The Labute approximate surface area is 178 Å². The molecule has 2 atom stereocenters. The molecule has 1 saturated heterocycles. The number of benzene rings is 1. The highest BCUT2D eigenvalue weighted by molar-refractivity contribution is 7.18. The average molecular weight is 432 g/mol. The van der Waals surface area contributed by atoms with E-state index in [4.69, 9.17) is 4.98 Å². The number of nitrogens with one attached hydrogen (secondary N) is 2. The highest BCUT2D eigenvalue weighted by atomic mass is 35.5. The number of aromatic nitrogens is 1. The largest absolute Gasteiger partial charge is 0.351 e. The van der Waals surface area contributed by atoms with Crippen LogP contribution in [-0.4, -0.2) is 30.0 Å². The molecule has 1 aliphatic heterocycles. The molecule has 0 bridgehead atoms. The van der Waals surface area contributed by atoms with Gasteiger partial charge in [0, 0.05) is 19.0 Å². The van der Waals surface area contributed by atoms with Gasteiger partial charge in [-0.1, -0.05) is 32.9 Å². The Morgan fingerprint density at radius 1 is 1.30 bits per heavy atom. The first-order chi connectivity index (χ1) is 12.1. The second-order valence-corrected chi connectivity index (χ2v) is 8.40. The Balaban J connectivity index is 0.00000182. The first-order valence-corrected chi connectivity index (χ1v) is 10.3. The van der Waals surface area contributed by atoms with Crippen molar-refractivity contribution in [3.05, 3.63) is 29.3 Å². The number of hydrogen-bond donors (Lipinski definition) is 2. The minimum absolute atomic E-state index is 0. The maximum absolute atomic E-state index is 13.2. The molecule has 1 aliphatic rings. The summed E-state index contributed by atoms with van der Waals surface area (Å²) in [5.74, 6) is 0.719. The van der Waals surface area contributed by atoms with Crippen LogP contribution in [-0.2, 0) is 11.2 Å². The summed E-state index contributed by atoms with van der Waals surface area (Å²) in [6.07, 6.45) is 3.51. The molecule has 2 unspecified atom stereocenters. The van der Waals surface area contributed by atoms with Crippen LogP contribution in [0.2, 0.25) is 0 Å². The lowest BCUT2D eigenvalue weighted by molar-refractivity contribution is -0.132. The maximum Gasteiger partial charge on any atom is 0.226 e. The predicted molar refractivity (Wildman–Crippen MR) is 119 cm³/mol. The third kappa shape index (κ3) is 5.35. The Bertz CT molecular complexity index is 700. The van der Waals surface area contributed by atoms with Crippen molar-refractivity contribution in [2.45, 2.75) is 52.5 Å². The first kappa shape index (κ1) is 24.2. The summed E-state index contributed by atoms with van der Waals surface area (Å²) in [5, 5.41) is 7.81. The van der Waals surface area contributed by atoms with Crippen LogP contribution >= 0.6 is 36.2 Å². The van der Waals surface area contributed by atoms with Crippen LogP contribution in [0.15, 0.2) is 24.3 Å². The normalized spacial score (nSPS) is 19.8. The van der Waals surface area contributed by atoms with Gasteiger partial charge in [-0.25, -0.2) is 4.98 Å². The summed E-state index contributed by atoms with van der Waals surface area (Å²) in [4.78, 5) is 18.0. The minimum atomic E-state index is -0.370. The van der Waals surface area contributed by atoms with Gasteiger partial charge in [0.1, 0.15) is 0 Å². The fraction of sp³-hybridized carbons (Fsp3) is 0.600. The molecule has 0 aliphatic carbocycles. The molecular weight excluding hydrogens is 401 g/mol. The molecule has 2 heterocycles. The van der Waals surface area contributed by atoms with Gasteiger partial charge in [-0.2, -0.15) is 0 Å². The zero-order chi connectivity index (χ0) is 17.9. The van der Waals surface area contributed by atoms with Gasteiger partial charge < -0.3 is 10.6 Å². The first-order valence-electron chi connectivity index (χ1n) is 9.44. The van der Waals surface area contributed by atoms with E-state index >= 15 is 0 Å². The lowest BCUT2D eigenvalue weighted by Crippen LogP contribution is -2.54. The van der Waals surface area contributed by atoms with Gasteiger partial charge in [-0.3, -0.25) is 4.79 Å². The van der Waals surface area contributed by atoms with Crippen LogP contribution in [0, 0.1) is 11.3 Å². The van der Waals surface area contributed by atoms with Crippen molar-refractivity contribution < 1.29 is 4.79 Å². The molecule has 7 heteroatoms. The molecule has 4 nitrogen and oxygen atoms in total. The van der Waals surface area contributed by atoms with Crippen molar-refractivity contribution in [2.24, 2.45) is 11.3 Å². The topological polar surface area (TPSA) is 54.0 Å². The second-order valence-electron chi connectivity index (χ2n) is 7.29. The molecule has 1 amide bonds.